The van der Waals surface area contributed by atoms with Gasteiger partial charge in [-0.05, 0) is 44.1 Å². The van der Waals surface area contributed by atoms with Gasteiger partial charge in [-0.1, -0.05) is 6.42 Å². The first-order valence-electron chi connectivity index (χ1n) is 11.6. The number of hydrogen-bond acceptors (Lipinski definition) is 8. The minimum atomic E-state index is 0.371. The quantitative estimate of drug-likeness (QED) is 0.394. The second-order valence-corrected chi connectivity index (χ2v) is 10.2. The predicted molar refractivity (Wildman–Crippen MR) is 131 cm³/mol. The average molecular weight is 464 g/mol. The molecule has 2 aliphatic rings. The molecule has 2 bridgehead atoms. The predicted octanol–water partition coefficient (Wildman–Crippen LogP) is 4.20. The number of aromatic amines is 1. The summed E-state index contributed by atoms with van der Waals surface area (Å²) in [5, 5.41) is 17.4. The molecule has 2 fully saturated rings. The zero-order chi connectivity index (χ0) is 22.4. The summed E-state index contributed by atoms with van der Waals surface area (Å²) < 4.78 is 2.14. The molecule has 6 heterocycles. The number of hydrogen-bond donors (Lipinski definition) is 3. The fourth-order valence-corrected chi connectivity index (χ4v) is 6.13. The Hall–Kier alpha value is -2.98. The topological polar surface area (TPSA) is 99.6 Å². The Labute approximate surface area is 196 Å². The van der Waals surface area contributed by atoms with E-state index in [4.69, 9.17) is 9.97 Å². The summed E-state index contributed by atoms with van der Waals surface area (Å²) in [5.74, 6) is 3.40. The molecule has 2 unspecified atom stereocenters. The molecule has 172 valence electrons. The van der Waals surface area contributed by atoms with E-state index in [2.05, 4.69) is 53.8 Å². The molecule has 0 radical (unpaired) electrons. The lowest BCUT2D eigenvalue weighted by molar-refractivity contribution is 0.0249. The molecule has 0 amide bonds. The Morgan fingerprint density at radius 3 is 2.79 bits per heavy atom. The summed E-state index contributed by atoms with van der Waals surface area (Å²) in [5.41, 5.74) is 1.01. The van der Waals surface area contributed by atoms with Crippen LogP contribution >= 0.6 is 11.3 Å². The van der Waals surface area contributed by atoms with Gasteiger partial charge in [-0.25, -0.2) is 9.97 Å². The van der Waals surface area contributed by atoms with Crippen LogP contribution in [0.25, 0.3) is 10.2 Å². The van der Waals surface area contributed by atoms with Crippen molar-refractivity contribution in [3.63, 3.8) is 0 Å². The first-order valence-corrected chi connectivity index (χ1v) is 12.5. The van der Waals surface area contributed by atoms with E-state index in [1.54, 1.807) is 11.3 Å². The number of nitrogens with zero attached hydrogens (tertiary/aromatic N) is 6. The van der Waals surface area contributed by atoms with E-state index in [1.165, 1.54) is 19.3 Å². The number of nitrogens with one attached hydrogen (secondary N) is 3. The van der Waals surface area contributed by atoms with E-state index in [0.29, 0.717) is 24.1 Å². The number of fused-ring (bicyclic) bond motifs is 3. The van der Waals surface area contributed by atoms with Gasteiger partial charge in [0.25, 0.3) is 0 Å². The highest BCUT2D eigenvalue weighted by Gasteiger charge is 2.38. The maximum atomic E-state index is 4.85. The van der Waals surface area contributed by atoms with Crippen molar-refractivity contribution in [1.82, 2.24) is 34.6 Å². The van der Waals surface area contributed by atoms with Gasteiger partial charge in [0.15, 0.2) is 5.82 Å². The fraction of sp³-hybridized carbons (Fsp3) is 0.478. The molecule has 10 heteroatoms. The second kappa shape index (κ2) is 8.42. The molecule has 3 N–H and O–H groups in total. The van der Waals surface area contributed by atoms with Gasteiger partial charge in [0.05, 0.1) is 11.9 Å². The van der Waals surface area contributed by atoms with Crippen LogP contribution in [0.2, 0.25) is 0 Å². The van der Waals surface area contributed by atoms with Crippen LogP contribution in [-0.4, -0.2) is 52.7 Å². The molecular formula is C23H29N9S. The smallest absolute Gasteiger partial charge is 0.226 e. The first kappa shape index (κ1) is 20.6. The van der Waals surface area contributed by atoms with Crippen LogP contribution in [0.3, 0.4) is 0 Å². The molecule has 2 atom stereocenters. The normalized spacial score (nSPS) is 23.2. The number of aryl methyl sites for hydroxylation is 2. The molecule has 0 spiro atoms. The molecule has 0 saturated carbocycles. The van der Waals surface area contributed by atoms with Gasteiger partial charge in [-0.2, -0.15) is 10.1 Å². The Bertz CT molecular complexity index is 1240. The highest BCUT2D eigenvalue weighted by atomic mass is 32.1. The molecule has 4 aromatic heterocycles. The van der Waals surface area contributed by atoms with Crippen molar-refractivity contribution in [2.45, 2.75) is 63.7 Å². The van der Waals surface area contributed by atoms with Crippen LogP contribution < -0.4 is 10.6 Å². The van der Waals surface area contributed by atoms with Crippen LogP contribution in [0.1, 0.15) is 43.6 Å². The van der Waals surface area contributed by atoms with Crippen molar-refractivity contribution in [3.05, 3.63) is 41.4 Å². The van der Waals surface area contributed by atoms with Crippen LogP contribution in [0.5, 0.6) is 0 Å². The Morgan fingerprint density at radius 2 is 2.06 bits per heavy atom. The first-order chi connectivity index (χ1) is 16.1. The van der Waals surface area contributed by atoms with Gasteiger partial charge >= 0.3 is 0 Å². The molecule has 2 aliphatic heterocycles. The van der Waals surface area contributed by atoms with Crippen LogP contribution in [-0.2, 0) is 13.6 Å². The van der Waals surface area contributed by atoms with Gasteiger partial charge in [0, 0.05) is 49.3 Å². The molecule has 4 aromatic rings. The SMILES string of the molecule is Cc1cc(Nc2nc(NC3CC4CCCC(C3)N4Cc3nccn3C)nc3sccc23)n[nH]1. The van der Waals surface area contributed by atoms with Crippen LogP contribution in [0.15, 0.2) is 29.9 Å². The maximum absolute atomic E-state index is 4.85. The zero-order valence-electron chi connectivity index (χ0n) is 19.0. The highest BCUT2D eigenvalue weighted by Crippen LogP contribution is 2.36. The van der Waals surface area contributed by atoms with Crippen molar-refractivity contribution in [2.75, 3.05) is 10.6 Å². The summed E-state index contributed by atoms with van der Waals surface area (Å²) in [7, 11) is 2.08. The average Bonchev–Trinajstić information content (AvgIpc) is 3.51. The van der Waals surface area contributed by atoms with Crippen molar-refractivity contribution in [3.8, 4) is 0 Å². The third-order valence-electron chi connectivity index (χ3n) is 6.98. The van der Waals surface area contributed by atoms with Crippen LogP contribution in [0, 0.1) is 6.92 Å². The van der Waals surface area contributed by atoms with Crippen molar-refractivity contribution >= 4 is 39.1 Å². The summed E-state index contributed by atoms with van der Waals surface area (Å²) in [4.78, 5) is 17.9. The molecule has 0 aliphatic carbocycles. The minimum absolute atomic E-state index is 0.371. The minimum Gasteiger partial charge on any atom is -0.351 e. The van der Waals surface area contributed by atoms with E-state index >= 15 is 0 Å². The Balaban J connectivity index is 1.21. The third-order valence-corrected chi connectivity index (χ3v) is 7.79. The third kappa shape index (κ3) is 4.08. The zero-order valence-corrected chi connectivity index (χ0v) is 19.8. The lowest BCUT2D eigenvalue weighted by Crippen LogP contribution is -2.54. The monoisotopic (exact) mass is 463 g/mol. The number of aromatic nitrogens is 6. The van der Waals surface area contributed by atoms with Crippen molar-refractivity contribution < 1.29 is 0 Å². The summed E-state index contributed by atoms with van der Waals surface area (Å²) in [6, 6.07) is 5.55. The number of piperidine rings is 2. The Morgan fingerprint density at radius 1 is 1.21 bits per heavy atom. The summed E-state index contributed by atoms with van der Waals surface area (Å²) in [6.07, 6.45) is 9.95. The standard InChI is InChI=1S/C23H29N9S/c1-14-10-19(30-29-14)26-21-18-6-9-33-22(18)28-23(27-21)25-15-11-16-4-3-5-17(12-15)32(16)13-20-24-7-8-31(20)2/h6-10,15-17H,3-5,11-13H2,1-2H3,(H3,25,26,27,28,29,30). The summed E-state index contributed by atoms with van der Waals surface area (Å²) >= 11 is 1.64. The Kier molecular flexibility index (Phi) is 5.26. The van der Waals surface area contributed by atoms with E-state index < -0.39 is 0 Å². The maximum Gasteiger partial charge on any atom is 0.226 e. The van der Waals surface area contributed by atoms with Gasteiger partial charge in [0.2, 0.25) is 5.95 Å². The molecule has 0 aromatic carbocycles. The highest BCUT2D eigenvalue weighted by molar-refractivity contribution is 7.16. The van der Waals surface area contributed by atoms with E-state index in [1.807, 2.05) is 25.4 Å². The lowest BCUT2D eigenvalue weighted by Gasteiger charge is -2.48. The van der Waals surface area contributed by atoms with E-state index in [-0.39, 0.29) is 0 Å². The second-order valence-electron chi connectivity index (χ2n) is 9.27. The van der Waals surface area contributed by atoms with Crippen molar-refractivity contribution in [1.29, 1.82) is 0 Å². The summed E-state index contributed by atoms with van der Waals surface area (Å²) in [6.45, 7) is 2.92. The largest absolute Gasteiger partial charge is 0.351 e. The lowest BCUT2D eigenvalue weighted by atomic mass is 9.81. The number of rotatable bonds is 6. The van der Waals surface area contributed by atoms with Gasteiger partial charge < -0.3 is 15.2 Å². The van der Waals surface area contributed by atoms with Crippen LogP contribution in [0.4, 0.5) is 17.6 Å². The van der Waals surface area contributed by atoms with Gasteiger partial charge in [-0.15, -0.1) is 11.3 Å². The van der Waals surface area contributed by atoms with Crippen molar-refractivity contribution in [2.24, 2.45) is 7.05 Å². The molecule has 33 heavy (non-hydrogen) atoms. The van der Waals surface area contributed by atoms with E-state index in [9.17, 15) is 0 Å². The van der Waals surface area contributed by atoms with Gasteiger partial charge in [-0.3, -0.25) is 10.00 Å². The molecule has 2 saturated heterocycles. The van der Waals surface area contributed by atoms with Gasteiger partial charge in [0.1, 0.15) is 16.5 Å². The number of anilines is 3. The fourth-order valence-electron chi connectivity index (χ4n) is 5.37. The molecular weight excluding hydrogens is 434 g/mol. The molecule has 9 nitrogen and oxygen atoms in total. The number of imidazole rings is 1. The van der Waals surface area contributed by atoms with E-state index in [0.717, 1.165) is 52.8 Å². The number of thiophene rings is 1. The number of H-pyrrole nitrogens is 1. The molecule has 6 rings (SSSR count).